The van der Waals surface area contributed by atoms with Gasteiger partial charge in [-0.2, -0.15) is 0 Å². The van der Waals surface area contributed by atoms with Gasteiger partial charge in [0.1, 0.15) is 0 Å². The molecule has 2 aliphatic rings. The first-order valence-electron chi connectivity index (χ1n) is 8.68. The second kappa shape index (κ2) is 7.47. The van der Waals surface area contributed by atoms with E-state index in [0.717, 1.165) is 11.3 Å². The zero-order chi connectivity index (χ0) is 18.0. The summed E-state index contributed by atoms with van der Waals surface area (Å²) in [6.07, 6.45) is 1.41. The maximum Gasteiger partial charge on any atom is 0.254 e. The molecule has 0 aromatic heterocycles. The predicted molar refractivity (Wildman–Crippen MR) is 97.8 cm³/mol. The smallest absolute Gasteiger partial charge is 0.254 e. The Labute approximate surface area is 151 Å². The van der Waals surface area contributed by atoms with E-state index < -0.39 is 0 Å². The molecule has 6 nitrogen and oxygen atoms in total. The van der Waals surface area contributed by atoms with Gasteiger partial charge in [-0.15, -0.1) is 11.8 Å². The molecule has 1 aromatic rings. The molecule has 0 bridgehead atoms. The lowest BCUT2D eigenvalue weighted by Crippen LogP contribution is -2.50. The molecule has 1 atom stereocenters. The van der Waals surface area contributed by atoms with Gasteiger partial charge in [0.15, 0.2) is 0 Å². The van der Waals surface area contributed by atoms with Crippen LogP contribution in [0.4, 0.5) is 5.69 Å². The van der Waals surface area contributed by atoms with E-state index in [2.05, 4.69) is 5.32 Å². The van der Waals surface area contributed by atoms with Crippen molar-refractivity contribution in [2.24, 2.45) is 0 Å². The van der Waals surface area contributed by atoms with Crippen molar-refractivity contribution in [3.05, 3.63) is 23.8 Å². The van der Waals surface area contributed by atoms with Gasteiger partial charge < -0.3 is 15.1 Å². The number of nitrogens with one attached hydrogen (secondary N) is 1. The van der Waals surface area contributed by atoms with Crippen molar-refractivity contribution in [3.63, 3.8) is 0 Å². The second-order valence-corrected chi connectivity index (χ2v) is 7.77. The van der Waals surface area contributed by atoms with Gasteiger partial charge in [0.05, 0.1) is 10.9 Å². The number of carbonyl (C=O) groups is 3. The molecule has 1 unspecified atom stereocenters. The average Bonchev–Trinajstić information content (AvgIpc) is 2.62. The first-order valence-corrected chi connectivity index (χ1v) is 9.56. The minimum Gasteiger partial charge on any atom is -0.339 e. The van der Waals surface area contributed by atoms with E-state index in [9.17, 15) is 14.4 Å². The molecule has 0 aliphatic carbocycles. The van der Waals surface area contributed by atoms with E-state index in [0.29, 0.717) is 43.9 Å². The molecule has 3 rings (SSSR count). The van der Waals surface area contributed by atoms with Gasteiger partial charge in [-0.3, -0.25) is 14.4 Å². The summed E-state index contributed by atoms with van der Waals surface area (Å²) in [5, 5.41) is 2.74. The van der Waals surface area contributed by atoms with Crippen molar-refractivity contribution in [1.82, 2.24) is 9.80 Å². The van der Waals surface area contributed by atoms with Crippen LogP contribution in [0.15, 0.2) is 23.1 Å². The largest absolute Gasteiger partial charge is 0.339 e. The summed E-state index contributed by atoms with van der Waals surface area (Å²) in [6.45, 7) is 6.11. The summed E-state index contributed by atoms with van der Waals surface area (Å²) >= 11 is 1.50. The van der Waals surface area contributed by atoms with E-state index in [-0.39, 0.29) is 23.0 Å². The maximum absolute atomic E-state index is 12.7. The zero-order valence-electron chi connectivity index (χ0n) is 14.6. The van der Waals surface area contributed by atoms with Gasteiger partial charge in [-0.05, 0) is 31.5 Å². The fourth-order valence-electron chi connectivity index (χ4n) is 3.06. The van der Waals surface area contributed by atoms with Crippen LogP contribution in [0.25, 0.3) is 0 Å². The number of rotatable bonds is 3. The zero-order valence-corrected chi connectivity index (χ0v) is 15.4. The number of piperazine rings is 1. The highest BCUT2D eigenvalue weighted by Crippen LogP contribution is 2.36. The molecule has 0 radical (unpaired) electrons. The molecular formula is C18H23N3O3S. The number of hydrogen-bond acceptors (Lipinski definition) is 4. The van der Waals surface area contributed by atoms with Crippen molar-refractivity contribution in [2.45, 2.75) is 36.8 Å². The average molecular weight is 361 g/mol. The molecule has 1 fully saturated rings. The van der Waals surface area contributed by atoms with Crippen molar-refractivity contribution in [1.29, 1.82) is 0 Å². The molecule has 1 saturated heterocycles. The van der Waals surface area contributed by atoms with Gasteiger partial charge in [0, 0.05) is 43.1 Å². The Morgan fingerprint density at radius 3 is 2.56 bits per heavy atom. The third kappa shape index (κ3) is 3.81. The number of nitrogens with zero attached hydrogens (tertiary/aromatic N) is 2. The van der Waals surface area contributed by atoms with Crippen molar-refractivity contribution in [3.8, 4) is 0 Å². The Morgan fingerprint density at radius 2 is 1.88 bits per heavy atom. The fourth-order valence-corrected chi connectivity index (χ4v) is 3.99. The fraction of sp³-hybridized carbons (Fsp3) is 0.500. The SMILES string of the molecule is CCCC(=O)N1CCN(C(=O)c2ccc3c(c2)NC(=O)C(C)S3)CC1. The van der Waals surface area contributed by atoms with Crippen LogP contribution in [0, 0.1) is 0 Å². The lowest BCUT2D eigenvalue weighted by Gasteiger charge is -2.35. The Hall–Kier alpha value is -2.02. The van der Waals surface area contributed by atoms with Crippen LogP contribution >= 0.6 is 11.8 Å². The molecule has 0 saturated carbocycles. The number of amides is 3. The van der Waals surface area contributed by atoms with E-state index in [4.69, 9.17) is 0 Å². The van der Waals surface area contributed by atoms with Gasteiger partial charge >= 0.3 is 0 Å². The van der Waals surface area contributed by atoms with Gasteiger partial charge in [0.25, 0.3) is 5.91 Å². The van der Waals surface area contributed by atoms with Gasteiger partial charge in [-0.1, -0.05) is 6.92 Å². The van der Waals surface area contributed by atoms with Crippen molar-refractivity contribution < 1.29 is 14.4 Å². The van der Waals surface area contributed by atoms with Crippen LogP contribution in [0.2, 0.25) is 0 Å². The summed E-state index contributed by atoms with van der Waals surface area (Å²) in [5.74, 6) is 0.0747. The van der Waals surface area contributed by atoms with Crippen LogP contribution in [-0.4, -0.2) is 59.0 Å². The number of fused-ring (bicyclic) bond motifs is 1. The molecule has 1 N–H and O–H groups in total. The Balaban J connectivity index is 1.66. The number of carbonyl (C=O) groups excluding carboxylic acids is 3. The molecule has 2 aliphatic heterocycles. The molecular weight excluding hydrogens is 338 g/mol. The van der Waals surface area contributed by atoms with E-state index in [1.54, 1.807) is 11.0 Å². The summed E-state index contributed by atoms with van der Waals surface area (Å²) in [7, 11) is 0. The van der Waals surface area contributed by atoms with Crippen molar-refractivity contribution >= 4 is 35.2 Å². The Kier molecular flexibility index (Phi) is 5.32. The summed E-state index contributed by atoms with van der Waals surface area (Å²) in [5.41, 5.74) is 1.28. The summed E-state index contributed by atoms with van der Waals surface area (Å²) in [6, 6.07) is 5.46. The minimum atomic E-state index is -0.122. The quantitative estimate of drug-likeness (QED) is 0.896. The van der Waals surface area contributed by atoms with Crippen LogP contribution in [-0.2, 0) is 9.59 Å². The first-order chi connectivity index (χ1) is 12.0. The molecule has 7 heteroatoms. The lowest BCUT2D eigenvalue weighted by atomic mass is 10.1. The molecule has 0 spiro atoms. The molecule has 3 amide bonds. The lowest BCUT2D eigenvalue weighted by molar-refractivity contribution is -0.132. The van der Waals surface area contributed by atoms with Crippen LogP contribution < -0.4 is 5.32 Å². The van der Waals surface area contributed by atoms with Gasteiger partial charge in [0.2, 0.25) is 11.8 Å². The normalized spacial score (nSPS) is 20.1. The van der Waals surface area contributed by atoms with Crippen molar-refractivity contribution in [2.75, 3.05) is 31.5 Å². The highest BCUT2D eigenvalue weighted by Gasteiger charge is 2.27. The number of thioether (sulfide) groups is 1. The summed E-state index contributed by atoms with van der Waals surface area (Å²) in [4.78, 5) is 41.1. The number of anilines is 1. The van der Waals surface area contributed by atoms with E-state index in [1.807, 2.05) is 30.9 Å². The maximum atomic E-state index is 12.7. The highest BCUT2D eigenvalue weighted by atomic mass is 32.2. The summed E-state index contributed by atoms with van der Waals surface area (Å²) < 4.78 is 0. The molecule has 2 heterocycles. The molecule has 134 valence electrons. The minimum absolute atomic E-state index is 0.0369. The third-order valence-corrected chi connectivity index (χ3v) is 5.72. The van der Waals surface area contributed by atoms with E-state index in [1.165, 1.54) is 11.8 Å². The first kappa shape index (κ1) is 17.8. The number of hydrogen-bond donors (Lipinski definition) is 1. The van der Waals surface area contributed by atoms with Gasteiger partial charge in [-0.25, -0.2) is 0 Å². The molecule has 25 heavy (non-hydrogen) atoms. The monoisotopic (exact) mass is 361 g/mol. The molecule has 1 aromatic carbocycles. The Bertz CT molecular complexity index is 699. The Morgan fingerprint density at radius 1 is 1.20 bits per heavy atom. The van der Waals surface area contributed by atoms with Crippen LogP contribution in [0.3, 0.4) is 0 Å². The van der Waals surface area contributed by atoms with Crippen LogP contribution in [0.5, 0.6) is 0 Å². The predicted octanol–water partition coefficient (Wildman–Crippen LogP) is 2.20. The second-order valence-electron chi connectivity index (χ2n) is 6.38. The highest BCUT2D eigenvalue weighted by molar-refractivity contribution is 8.00. The topological polar surface area (TPSA) is 69.7 Å². The van der Waals surface area contributed by atoms with Crippen LogP contribution in [0.1, 0.15) is 37.0 Å². The third-order valence-electron chi connectivity index (χ3n) is 4.54. The van der Waals surface area contributed by atoms with E-state index >= 15 is 0 Å². The number of benzene rings is 1. The standard InChI is InChI=1S/C18H23N3O3S/c1-3-4-16(22)20-7-9-21(10-8-20)18(24)13-5-6-15-14(11-13)19-17(23)12(2)25-15/h5-6,11-12H,3-4,7-10H2,1-2H3,(H,19,23).